The predicted molar refractivity (Wildman–Crippen MR) is 122 cm³/mol. The van der Waals surface area contributed by atoms with Gasteiger partial charge in [-0.05, 0) is 17.7 Å². The van der Waals surface area contributed by atoms with Gasteiger partial charge in [0.1, 0.15) is 0 Å². The monoisotopic (exact) mass is 455 g/mol. The van der Waals surface area contributed by atoms with Crippen LogP contribution in [0.5, 0.6) is 0 Å². The molecule has 4 aromatic rings. The molecule has 0 unspecified atom stereocenters. The van der Waals surface area contributed by atoms with Gasteiger partial charge in [0.2, 0.25) is 5.91 Å². The molecule has 4 rings (SSSR count). The van der Waals surface area contributed by atoms with E-state index in [4.69, 9.17) is 11.6 Å². The Labute approximate surface area is 185 Å². The van der Waals surface area contributed by atoms with Crippen molar-refractivity contribution in [2.75, 3.05) is 11.1 Å². The fourth-order valence-corrected chi connectivity index (χ4v) is 4.09. The van der Waals surface area contributed by atoms with E-state index in [-0.39, 0.29) is 22.8 Å². The number of para-hydroxylation sites is 1. The van der Waals surface area contributed by atoms with Gasteiger partial charge < -0.3 is 9.88 Å². The van der Waals surface area contributed by atoms with Crippen molar-refractivity contribution >= 4 is 46.1 Å². The molecule has 0 aliphatic rings. The number of aromatic nitrogens is 4. The van der Waals surface area contributed by atoms with Crippen molar-refractivity contribution in [3.05, 3.63) is 86.0 Å². The fourth-order valence-electron chi connectivity index (χ4n) is 3.12. The Balaban J connectivity index is 1.67. The van der Waals surface area contributed by atoms with E-state index in [9.17, 15) is 14.4 Å². The number of nitrogens with one attached hydrogen (secondary N) is 2. The maximum absolute atomic E-state index is 12.6. The summed E-state index contributed by atoms with van der Waals surface area (Å²) in [6.07, 6.45) is 0. The highest BCUT2D eigenvalue weighted by molar-refractivity contribution is 7.99. The summed E-state index contributed by atoms with van der Waals surface area (Å²) in [5, 5.41) is 3.66. The number of imidazole rings is 1. The summed E-state index contributed by atoms with van der Waals surface area (Å²) < 4.78 is 3.00. The van der Waals surface area contributed by atoms with E-state index >= 15 is 0 Å². The fraction of sp³-hybridized carbons (Fsp3) is 0.143. The van der Waals surface area contributed by atoms with Crippen LogP contribution in [0.25, 0.3) is 11.2 Å². The van der Waals surface area contributed by atoms with Crippen molar-refractivity contribution in [2.45, 2.75) is 11.7 Å². The molecule has 1 amide bonds. The molecule has 0 aliphatic carbocycles. The number of carbonyl (C=O) groups excluding carboxylic acids is 1. The SMILES string of the molecule is Cn1c(=O)[nH]c(=O)c2c1nc(SCC(=O)Nc1ccccc1Cl)n2Cc1ccccc1. The number of nitrogens with zero attached hydrogens (tertiary/aromatic N) is 3. The Morgan fingerprint density at radius 1 is 1.13 bits per heavy atom. The lowest BCUT2D eigenvalue weighted by molar-refractivity contribution is -0.113. The number of carbonyl (C=O) groups is 1. The summed E-state index contributed by atoms with van der Waals surface area (Å²) in [4.78, 5) is 43.8. The molecule has 158 valence electrons. The van der Waals surface area contributed by atoms with Crippen LogP contribution in [0.4, 0.5) is 5.69 Å². The van der Waals surface area contributed by atoms with E-state index in [1.165, 1.54) is 16.3 Å². The van der Waals surface area contributed by atoms with Crippen molar-refractivity contribution < 1.29 is 4.79 Å². The van der Waals surface area contributed by atoms with Crippen LogP contribution in [0.2, 0.25) is 5.02 Å². The van der Waals surface area contributed by atoms with Crippen LogP contribution < -0.4 is 16.6 Å². The van der Waals surface area contributed by atoms with Crippen LogP contribution in [0.3, 0.4) is 0 Å². The van der Waals surface area contributed by atoms with Crippen LogP contribution in [0, 0.1) is 0 Å². The van der Waals surface area contributed by atoms with Crippen molar-refractivity contribution in [3.8, 4) is 0 Å². The second kappa shape index (κ2) is 8.83. The van der Waals surface area contributed by atoms with Crippen LogP contribution in [0.1, 0.15) is 5.56 Å². The molecule has 0 saturated heterocycles. The third-order valence-electron chi connectivity index (χ3n) is 4.64. The lowest BCUT2D eigenvalue weighted by Gasteiger charge is -2.09. The smallest absolute Gasteiger partial charge is 0.324 e. The maximum Gasteiger partial charge on any atom is 0.329 e. The second-order valence-corrected chi connectivity index (χ2v) is 8.12. The van der Waals surface area contributed by atoms with Crippen LogP contribution in [0.15, 0.2) is 69.3 Å². The first-order valence-corrected chi connectivity index (χ1v) is 10.7. The van der Waals surface area contributed by atoms with Crippen molar-refractivity contribution in [2.24, 2.45) is 7.05 Å². The number of anilines is 1. The predicted octanol–water partition coefficient (Wildman–Crippen LogP) is 2.86. The zero-order valence-corrected chi connectivity index (χ0v) is 18.0. The Morgan fingerprint density at radius 3 is 2.58 bits per heavy atom. The number of halogens is 1. The third-order valence-corrected chi connectivity index (χ3v) is 5.94. The molecule has 0 radical (unpaired) electrons. The van der Waals surface area contributed by atoms with Crippen molar-refractivity contribution in [1.82, 2.24) is 19.1 Å². The van der Waals surface area contributed by atoms with Gasteiger partial charge >= 0.3 is 5.69 Å². The molecule has 0 atom stereocenters. The molecule has 10 heteroatoms. The largest absolute Gasteiger partial charge is 0.329 e. The molecule has 0 bridgehead atoms. The van der Waals surface area contributed by atoms with E-state index in [1.807, 2.05) is 30.3 Å². The molecule has 2 aromatic carbocycles. The Morgan fingerprint density at radius 2 is 1.84 bits per heavy atom. The first-order chi connectivity index (χ1) is 14.9. The Bertz CT molecular complexity index is 1380. The lowest BCUT2D eigenvalue weighted by Crippen LogP contribution is -2.29. The normalized spacial score (nSPS) is 11.0. The number of rotatable bonds is 6. The molecule has 0 saturated carbocycles. The molecule has 8 nitrogen and oxygen atoms in total. The molecular weight excluding hydrogens is 438 g/mol. The number of hydrogen-bond donors (Lipinski definition) is 2. The van der Waals surface area contributed by atoms with Gasteiger partial charge in [-0.15, -0.1) is 0 Å². The third kappa shape index (κ3) is 4.42. The van der Waals surface area contributed by atoms with Gasteiger partial charge in [-0.2, -0.15) is 0 Å². The number of aromatic amines is 1. The average molecular weight is 456 g/mol. The molecule has 0 aliphatic heterocycles. The number of aryl methyl sites for hydroxylation is 1. The number of benzene rings is 2. The van der Waals surface area contributed by atoms with E-state index < -0.39 is 11.2 Å². The zero-order chi connectivity index (χ0) is 22.0. The van der Waals surface area contributed by atoms with Gasteiger partial charge in [-0.25, -0.2) is 9.78 Å². The molecule has 31 heavy (non-hydrogen) atoms. The topological polar surface area (TPSA) is 102 Å². The Hall–Kier alpha value is -3.30. The minimum Gasteiger partial charge on any atom is -0.324 e. The first-order valence-electron chi connectivity index (χ1n) is 9.34. The van der Waals surface area contributed by atoms with Crippen LogP contribution >= 0.6 is 23.4 Å². The number of thioether (sulfide) groups is 1. The van der Waals surface area contributed by atoms with Gasteiger partial charge in [0, 0.05) is 7.05 Å². The van der Waals surface area contributed by atoms with E-state index in [2.05, 4.69) is 15.3 Å². The van der Waals surface area contributed by atoms with E-state index in [0.717, 1.165) is 5.56 Å². The standard InChI is InChI=1S/C21H18ClN5O3S/c1-26-18-17(19(29)25-20(26)30)27(11-13-7-3-2-4-8-13)21(24-18)31-12-16(28)23-15-10-6-5-9-14(15)22/h2-10H,11-12H2,1H3,(H,23,28)(H,25,29,30). The molecule has 2 N–H and O–H groups in total. The molecule has 0 spiro atoms. The number of H-pyrrole nitrogens is 1. The molecule has 2 heterocycles. The summed E-state index contributed by atoms with van der Waals surface area (Å²) in [6.45, 7) is 0.368. The Kier molecular flexibility index (Phi) is 5.97. The van der Waals surface area contributed by atoms with E-state index in [0.29, 0.717) is 22.4 Å². The summed E-state index contributed by atoms with van der Waals surface area (Å²) in [5.74, 6) is -0.214. The number of fused-ring (bicyclic) bond motifs is 1. The number of amides is 1. The van der Waals surface area contributed by atoms with Gasteiger partial charge in [0.15, 0.2) is 16.3 Å². The highest BCUT2D eigenvalue weighted by atomic mass is 35.5. The van der Waals surface area contributed by atoms with Gasteiger partial charge in [0.25, 0.3) is 5.56 Å². The highest BCUT2D eigenvalue weighted by Gasteiger charge is 2.19. The van der Waals surface area contributed by atoms with Crippen molar-refractivity contribution in [1.29, 1.82) is 0 Å². The average Bonchev–Trinajstić information content (AvgIpc) is 3.12. The summed E-state index contributed by atoms with van der Waals surface area (Å²) >= 11 is 7.27. The second-order valence-electron chi connectivity index (χ2n) is 6.77. The van der Waals surface area contributed by atoms with Crippen molar-refractivity contribution in [3.63, 3.8) is 0 Å². The van der Waals surface area contributed by atoms with Gasteiger partial charge in [-0.1, -0.05) is 65.8 Å². The summed E-state index contributed by atoms with van der Waals surface area (Å²) in [6, 6.07) is 16.5. The summed E-state index contributed by atoms with van der Waals surface area (Å²) in [5.41, 5.74) is 0.950. The summed E-state index contributed by atoms with van der Waals surface area (Å²) in [7, 11) is 1.54. The first kappa shape index (κ1) is 21.0. The quantitative estimate of drug-likeness (QED) is 0.435. The van der Waals surface area contributed by atoms with Gasteiger partial charge in [-0.3, -0.25) is 19.1 Å². The minimum atomic E-state index is -0.546. The van der Waals surface area contributed by atoms with Gasteiger partial charge in [0.05, 0.1) is 23.0 Å². The van der Waals surface area contributed by atoms with Crippen LogP contribution in [-0.2, 0) is 18.4 Å². The van der Waals surface area contributed by atoms with Crippen LogP contribution in [-0.4, -0.2) is 30.8 Å². The zero-order valence-electron chi connectivity index (χ0n) is 16.5. The molecular formula is C21H18ClN5O3S. The van der Waals surface area contributed by atoms with E-state index in [1.54, 1.807) is 35.9 Å². The highest BCUT2D eigenvalue weighted by Crippen LogP contribution is 2.24. The molecule has 2 aromatic heterocycles. The number of hydrogen-bond acceptors (Lipinski definition) is 5. The lowest BCUT2D eigenvalue weighted by atomic mass is 10.2. The maximum atomic E-state index is 12.6. The molecule has 0 fully saturated rings. The minimum absolute atomic E-state index is 0.0508.